The molecule has 0 spiro atoms. The lowest BCUT2D eigenvalue weighted by atomic mass is 10.1. The zero-order valence-electron chi connectivity index (χ0n) is 17.7. The Balaban J connectivity index is 2.26. The molecule has 1 rings (SSSR count). The fourth-order valence-electron chi connectivity index (χ4n) is 4.11. The molecule has 1 aliphatic carbocycles. The van der Waals surface area contributed by atoms with Gasteiger partial charge in [0.2, 0.25) is 0 Å². The van der Waals surface area contributed by atoms with E-state index in [2.05, 4.69) is 25.8 Å². The van der Waals surface area contributed by atoms with E-state index in [1.807, 2.05) is 0 Å². The van der Waals surface area contributed by atoms with Crippen molar-refractivity contribution in [1.29, 1.82) is 0 Å². The number of hydrogen-bond donors (Lipinski definition) is 2. The zero-order chi connectivity index (χ0) is 19.2. The normalized spacial score (nSPS) is 26.1. The minimum Gasteiger partial charge on any atom is -0.391 e. The molecule has 0 saturated heterocycles. The Morgan fingerprint density at radius 3 is 1.92 bits per heavy atom. The molecular weight excluding hydrogens is 326 g/mol. The molecule has 0 amide bonds. The lowest BCUT2D eigenvalue weighted by molar-refractivity contribution is -0.0589. The van der Waals surface area contributed by atoms with Crippen molar-refractivity contribution in [2.24, 2.45) is 0 Å². The topological polar surface area (TPSA) is 52.9 Å². The minimum absolute atomic E-state index is 0.0688. The number of nitrogens with zero attached hydrogens (tertiary/aromatic N) is 1. The van der Waals surface area contributed by atoms with Crippen molar-refractivity contribution in [1.82, 2.24) is 4.90 Å². The van der Waals surface area contributed by atoms with Crippen LogP contribution in [0.15, 0.2) is 0 Å². The first-order valence-electron chi connectivity index (χ1n) is 11.3. The van der Waals surface area contributed by atoms with Gasteiger partial charge in [0.25, 0.3) is 0 Å². The lowest BCUT2D eigenvalue weighted by Gasteiger charge is -2.32. The molecule has 1 aliphatic rings. The zero-order valence-corrected chi connectivity index (χ0v) is 17.7. The Labute approximate surface area is 162 Å². The molecule has 0 heterocycles. The third-order valence-corrected chi connectivity index (χ3v) is 5.77. The summed E-state index contributed by atoms with van der Waals surface area (Å²) in [6.07, 6.45) is 14.3. The van der Waals surface area contributed by atoms with Crippen molar-refractivity contribution in [3.05, 3.63) is 0 Å². The van der Waals surface area contributed by atoms with Crippen LogP contribution in [0.4, 0.5) is 0 Å². The molecule has 0 aromatic carbocycles. The lowest BCUT2D eigenvalue weighted by Crippen LogP contribution is -2.47. The van der Waals surface area contributed by atoms with Crippen LogP contribution in [-0.2, 0) is 4.74 Å². The highest BCUT2D eigenvalue weighted by Crippen LogP contribution is 2.28. The van der Waals surface area contributed by atoms with Crippen LogP contribution in [0, 0.1) is 0 Å². The Morgan fingerprint density at radius 1 is 0.769 bits per heavy atom. The third-order valence-electron chi connectivity index (χ3n) is 5.77. The predicted molar refractivity (Wildman–Crippen MR) is 110 cm³/mol. The standard InChI is InChI=1S/C22H45NO3/c1-4-6-8-10-11-12-14-16-23(3)21-19(24)18-20(25)22(21)26-17-15-13-9-7-5-2/h19-22,24-25H,4-18H2,1-3H3. The molecule has 0 aromatic heterocycles. The summed E-state index contributed by atoms with van der Waals surface area (Å²) >= 11 is 0. The highest BCUT2D eigenvalue weighted by atomic mass is 16.5. The van der Waals surface area contributed by atoms with E-state index < -0.39 is 12.2 Å². The molecule has 0 aliphatic heterocycles. The number of ether oxygens (including phenoxy) is 1. The second kappa shape index (κ2) is 14.8. The van der Waals surface area contributed by atoms with Crippen LogP contribution < -0.4 is 0 Å². The van der Waals surface area contributed by atoms with Gasteiger partial charge < -0.3 is 14.9 Å². The summed E-state index contributed by atoms with van der Waals surface area (Å²) in [5, 5.41) is 20.7. The Morgan fingerprint density at radius 2 is 1.31 bits per heavy atom. The van der Waals surface area contributed by atoms with E-state index in [4.69, 9.17) is 4.74 Å². The maximum atomic E-state index is 10.4. The van der Waals surface area contributed by atoms with Crippen LogP contribution in [-0.4, -0.2) is 59.7 Å². The van der Waals surface area contributed by atoms with Crippen molar-refractivity contribution in [3.8, 4) is 0 Å². The van der Waals surface area contributed by atoms with Crippen molar-refractivity contribution in [2.45, 2.75) is 122 Å². The van der Waals surface area contributed by atoms with Gasteiger partial charge in [0.05, 0.1) is 18.2 Å². The monoisotopic (exact) mass is 371 g/mol. The second-order valence-electron chi connectivity index (χ2n) is 8.21. The van der Waals surface area contributed by atoms with Gasteiger partial charge in [0, 0.05) is 13.0 Å². The number of hydrogen-bond acceptors (Lipinski definition) is 4. The van der Waals surface area contributed by atoms with Crippen LogP contribution in [0.25, 0.3) is 0 Å². The van der Waals surface area contributed by atoms with Crippen LogP contribution in [0.2, 0.25) is 0 Å². The number of likely N-dealkylation sites (N-methyl/N-ethyl adjacent to an activating group) is 1. The number of rotatable bonds is 16. The Hall–Kier alpha value is -0.160. The highest BCUT2D eigenvalue weighted by molar-refractivity contribution is 4.98. The van der Waals surface area contributed by atoms with Gasteiger partial charge in [-0.3, -0.25) is 4.90 Å². The van der Waals surface area contributed by atoms with Gasteiger partial charge in [-0.25, -0.2) is 0 Å². The summed E-state index contributed by atoms with van der Waals surface area (Å²) in [7, 11) is 2.07. The molecule has 4 heteroatoms. The molecule has 0 radical (unpaired) electrons. The Kier molecular flexibility index (Phi) is 13.6. The van der Waals surface area contributed by atoms with E-state index in [1.165, 1.54) is 64.2 Å². The van der Waals surface area contributed by atoms with Gasteiger partial charge in [-0.1, -0.05) is 78.1 Å². The van der Waals surface area contributed by atoms with E-state index in [0.29, 0.717) is 13.0 Å². The molecule has 4 atom stereocenters. The number of aliphatic hydroxyl groups excluding tert-OH is 2. The quantitative estimate of drug-likeness (QED) is 0.392. The van der Waals surface area contributed by atoms with Gasteiger partial charge in [0.15, 0.2) is 0 Å². The summed E-state index contributed by atoms with van der Waals surface area (Å²) in [4.78, 5) is 2.22. The van der Waals surface area contributed by atoms with Crippen LogP contribution >= 0.6 is 0 Å². The van der Waals surface area contributed by atoms with Gasteiger partial charge in [-0.2, -0.15) is 0 Å². The minimum atomic E-state index is -0.540. The van der Waals surface area contributed by atoms with Crippen molar-refractivity contribution < 1.29 is 14.9 Å². The molecular formula is C22H45NO3. The van der Waals surface area contributed by atoms with Gasteiger partial charge in [-0.05, 0) is 26.4 Å². The van der Waals surface area contributed by atoms with Gasteiger partial charge in [0.1, 0.15) is 6.10 Å². The summed E-state index contributed by atoms with van der Waals surface area (Å²) in [6, 6.07) is -0.0688. The fourth-order valence-corrected chi connectivity index (χ4v) is 4.11. The smallest absolute Gasteiger partial charge is 0.101 e. The summed E-state index contributed by atoms with van der Waals surface area (Å²) in [5.74, 6) is 0. The third kappa shape index (κ3) is 9.16. The second-order valence-corrected chi connectivity index (χ2v) is 8.21. The number of aliphatic hydroxyl groups is 2. The van der Waals surface area contributed by atoms with Crippen molar-refractivity contribution in [3.63, 3.8) is 0 Å². The first-order chi connectivity index (χ1) is 12.6. The Bertz CT molecular complexity index is 327. The molecule has 0 aromatic rings. The van der Waals surface area contributed by atoms with Crippen LogP contribution in [0.3, 0.4) is 0 Å². The van der Waals surface area contributed by atoms with E-state index >= 15 is 0 Å². The maximum Gasteiger partial charge on any atom is 0.101 e. The average Bonchev–Trinajstić information content (AvgIpc) is 2.90. The molecule has 1 saturated carbocycles. The van der Waals surface area contributed by atoms with Crippen molar-refractivity contribution in [2.75, 3.05) is 20.2 Å². The highest BCUT2D eigenvalue weighted by Gasteiger charge is 2.44. The molecule has 4 nitrogen and oxygen atoms in total. The molecule has 156 valence electrons. The average molecular weight is 372 g/mol. The fraction of sp³-hybridized carbons (Fsp3) is 1.00. The SMILES string of the molecule is CCCCCCCCCN(C)C1C(O)CC(O)C1OCCCCCCC. The van der Waals surface area contributed by atoms with Crippen LogP contribution in [0.1, 0.15) is 97.3 Å². The first-order valence-corrected chi connectivity index (χ1v) is 11.3. The molecule has 1 fully saturated rings. The van der Waals surface area contributed by atoms with Gasteiger partial charge >= 0.3 is 0 Å². The van der Waals surface area contributed by atoms with E-state index in [-0.39, 0.29) is 12.1 Å². The number of unbranched alkanes of at least 4 members (excludes halogenated alkanes) is 10. The van der Waals surface area contributed by atoms with E-state index in [0.717, 1.165) is 19.4 Å². The molecule has 26 heavy (non-hydrogen) atoms. The summed E-state index contributed by atoms with van der Waals surface area (Å²) in [5.41, 5.74) is 0. The predicted octanol–water partition coefficient (Wildman–Crippen LogP) is 4.52. The van der Waals surface area contributed by atoms with Crippen molar-refractivity contribution >= 4 is 0 Å². The van der Waals surface area contributed by atoms with E-state index in [9.17, 15) is 10.2 Å². The first kappa shape index (κ1) is 23.9. The van der Waals surface area contributed by atoms with E-state index in [1.54, 1.807) is 0 Å². The molecule has 0 bridgehead atoms. The molecule has 4 unspecified atom stereocenters. The summed E-state index contributed by atoms with van der Waals surface area (Å²) in [6.45, 7) is 6.14. The van der Waals surface area contributed by atoms with Crippen LogP contribution in [0.5, 0.6) is 0 Å². The van der Waals surface area contributed by atoms with Gasteiger partial charge in [-0.15, -0.1) is 0 Å². The summed E-state index contributed by atoms with van der Waals surface area (Å²) < 4.78 is 6.02. The maximum absolute atomic E-state index is 10.4. The largest absolute Gasteiger partial charge is 0.391 e. The molecule has 2 N–H and O–H groups in total.